The Balaban J connectivity index is 1.66. The van der Waals surface area contributed by atoms with E-state index in [0.29, 0.717) is 0 Å². The van der Waals surface area contributed by atoms with Gasteiger partial charge in [0, 0.05) is 6.54 Å². The fourth-order valence-corrected chi connectivity index (χ4v) is 3.42. The second kappa shape index (κ2) is 5.20. The maximum atomic E-state index is 4.36. The van der Waals surface area contributed by atoms with Crippen LogP contribution in [0.25, 0.3) is 10.2 Å². The summed E-state index contributed by atoms with van der Waals surface area (Å²) in [5.41, 5.74) is 2.32. The van der Waals surface area contributed by atoms with Gasteiger partial charge in [-0.2, -0.15) is 0 Å². The van der Waals surface area contributed by atoms with Crippen molar-refractivity contribution in [2.45, 2.75) is 19.8 Å². The van der Waals surface area contributed by atoms with Gasteiger partial charge in [-0.15, -0.1) is 11.3 Å². The highest BCUT2D eigenvalue weighted by Gasteiger charge is 2.14. The van der Waals surface area contributed by atoms with Crippen LogP contribution in [-0.2, 0) is 0 Å². The minimum Gasteiger partial charge on any atom is -0.369 e. The molecule has 18 heavy (non-hydrogen) atoms. The first-order chi connectivity index (χ1) is 8.84. The maximum absolute atomic E-state index is 4.36. The van der Waals surface area contributed by atoms with Gasteiger partial charge in [0.25, 0.3) is 0 Å². The summed E-state index contributed by atoms with van der Waals surface area (Å²) in [5.74, 6) is 1.81. The van der Waals surface area contributed by atoms with Crippen LogP contribution in [0.5, 0.6) is 0 Å². The van der Waals surface area contributed by atoms with Crippen molar-refractivity contribution >= 4 is 27.4 Å². The average molecular weight is 262 g/mol. The van der Waals surface area contributed by atoms with Crippen molar-refractivity contribution in [1.82, 2.24) is 15.3 Å². The molecule has 0 radical (unpaired) electrons. The lowest BCUT2D eigenvalue weighted by Crippen LogP contribution is -2.13. The van der Waals surface area contributed by atoms with Crippen LogP contribution >= 0.6 is 11.3 Å². The van der Waals surface area contributed by atoms with E-state index < -0.39 is 0 Å². The molecule has 1 aliphatic heterocycles. The lowest BCUT2D eigenvalue weighted by molar-refractivity contribution is 0.549. The van der Waals surface area contributed by atoms with Crippen LogP contribution in [0, 0.1) is 12.8 Å². The third-order valence-corrected chi connectivity index (χ3v) is 4.63. The number of nitrogens with one attached hydrogen (secondary N) is 2. The van der Waals surface area contributed by atoms with E-state index in [1.54, 1.807) is 17.7 Å². The molecule has 1 unspecified atom stereocenters. The number of nitrogens with zero attached hydrogens (tertiary/aromatic N) is 2. The average Bonchev–Trinajstić information content (AvgIpc) is 3.01. The highest BCUT2D eigenvalue weighted by molar-refractivity contribution is 7.18. The van der Waals surface area contributed by atoms with Crippen LogP contribution in [0.1, 0.15) is 18.4 Å². The Morgan fingerprint density at radius 2 is 2.44 bits per heavy atom. The van der Waals surface area contributed by atoms with Crippen LogP contribution in [0.15, 0.2) is 11.7 Å². The highest BCUT2D eigenvalue weighted by atomic mass is 32.1. The zero-order chi connectivity index (χ0) is 12.4. The molecule has 0 saturated carbocycles. The molecule has 0 aromatic carbocycles. The fraction of sp³-hybridized carbons (Fsp3) is 0.538. The van der Waals surface area contributed by atoms with Crippen molar-refractivity contribution in [3.8, 4) is 0 Å². The number of aryl methyl sites for hydroxylation is 1. The standard InChI is InChI=1S/C13H18N4S/c1-9-7-18-12-11(9)16-8-17-13(12)15-5-3-10-2-4-14-6-10/h7-8,10,14H,2-6H2,1H3,(H,15,16,17). The molecule has 96 valence electrons. The third kappa shape index (κ3) is 2.33. The molecule has 1 fully saturated rings. The molecule has 2 aromatic rings. The lowest BCUT2D eigenvalue weighted by Gasteiger charge is -2.10. The van der Waals surface area contributed by atoms with Gasteiger partial charge < -0.3 is 10.6 Å². The molecule has 3 rings (SSSR count). The number of rotatable bonds is 4. The zero-order valence-corrected chi connectivity index (χ0v) is 11.4. The van der Waals surface area contributed by atoms with Crippen molar-refractivity contribution in [1.29, 1.82) is 0 Å². The van der Waals surface area contributed by atoms with E-state index in [1.807, 2.05) is 0 Å². The first kappa shape index (κ1) is 11.9. The predicted molar refractivity (Wildman–Crippen MR) is 76.2 cm³/mol. The van der Waals surface area contributed by atoms with Gasteiger partial charge in [0.05, 0.1) is 10.2 Å². The van der Waals surface area contributed by atoms with Gasteiger partial charge in [-0.1, -0.05) is 0 Å². The maximum Gasteiger partial charge on any atom is 0.147 e. The second-order valence-electron chi connectivity index (χ2n) is 4.89. The third-order valence-electron chi connectivity index (χ3n) is 3.54. The van der Waals surface area contributed by atoms with Gasteiger partial charge >= 0.3 is 0 Å². The largest absolute Gasteiger partial charge is 0.369 e. The minimum absolute atomic E-state index is 0.819. The van der Waals surface area contributed by atoms with E-state index in [2.05, 4.69) is 32.9 Å². The monoisotopic (exact) mass is 262 g/mol. The van der Waals surface area contributed by atoms with Crippen molar-refractivity contribution < 1.29 is 0 Å². The minimum atomic E-state index is 0.819. The number of fused-ring (bicyclic) bond motifs is 1. The van der Waals surface area contributed by atoms with Crippen molar-refractivity contribution in [3.63, 3.8) is 0 Å². The molecule has 0 spiro atoms. The Morgan fingerprint density at radius 3 is 3.28 bits per heavy atom. The molecule has 0 amide bonds. The van der Waals surface area contributed by atoms with Gasteiger partial charge in [0.2, 0.25) is 0 Å². The Hall–Kier alpha value is -1.20. The summed E-state index contributed by atoms with van der Waals surface area (Å²) in [4.78, 5) is 8.69. The van der Waals surface area contributed by atoms with Crippen molar-refractivity contribution in [2.24, 2.45) is 5.92 Å². The summed E-state index contributed by atoms with van der Waals surface area (Å²) in [6, 6.07) is 0. The zero-order valence-electron chi connectivity index (χ0n) is 10.6. The van der Waals surface area contributed by atoms with Crippen LogP contribution in [0.2, 0.25) is 0 Å². The Kier molecular flexibility index (Phi) is 3.43. The first-order valence-corrected chi connectivity index (χ1v) is 7.36. The molecule has 5 heteroatoms. The molecule has 4 nitrogen and oxygen atoms in total. The smallest absolute Gasteiger partial charge is 0.147 e. The Bertz CT molecular complexity index is 531. The van der Waals surface area contributed by atoms with Gasteiger partial charge in [-0.05, 0) is 49.7 Å². The first-order valence-electron chi connectivity index (χ1n) is 6.48. The number of hydrogen-bond acceptors (Lipinski definition) is 5. The van der Waals surface area contributed by atoms with Crippen molar-refractivity contribution in [2.75, 3.05) is 25.0 Å². The van der Waals surface area contributed by atoms with E-state index in [0.717, 1.165) is 23.8 Å². The van der Waals surface area contributed by atoms with Crippen LogP contribution in [0.3, 0.4) is 0 Å². The molecular weight excluding hydrogens is 244 g/mol. The summed E-state index contributed by atoms with van der Waals surface area (Å²) in [6.07, 6.45) is 4.17. The van der Waals surface area contributed by atoms with E-state index in [-0.39, 0.29) is 0 Å². The predicted octanol–water partition coefficient (Wildman–Crippen LogP) is 2.41. The summed E-state index contributed by atoms with van der Waals surface area (Å²) >= 11 is 1.72. The van der Waals surface area contributed by atoms with Crippen LogP contribution < -0.4 is 10.6 Å². The van der Waals surface area contributed by atoms with Gasteiger partial charge in [-0.3, -0.25) is 0 Å². The normalized spacial score (nSPS) is 19.5. The number of anilines is 1. The SMILES string of the molecule is Cc1csc2c(NCCC3CCNC3)ncnc12. The molecule has 1 atom stereocenters. The Morgan fingerprint density at radius 1 is 1.50 bits per heavy atom. The summed E-state index contributed by atoms with van der Waals surface area (Å²) in [7, 11) is 0. The summed E-state index contributed by atoms with van der Waals surface area (Å²) in [6.45, 7) is 5.43. The molecule has 1 saturated heterocycles. The highest BCUT2D eigenvalue weighted by Crippen LogP contribution is 2.28. The molecule has 2 N–H and O–H groups in total. The van der Waals surface area contributed by atoms with Crippen molar-refractivity contribution in [3.05, 3.63) is 17.3 Å². The van der Waals surface area contributed by atoms with Crippen LogP contribution in [-0.4, -0.2) is 29.6 Å². The van der Waals surface area contributed by atoms with Gasteiger partial charge in [-0.25, -0.2) is 9.97 Å². The second-order valence-corrected chi connectivity index (χ2v) is 5.77. The topological polar surface area (TPSA) is 49.8 Å². The van der Waals surface area contributed by atoms with E-state index in [4.69, 9.17) is 0 Å². The molecule has 2 aromatic heterocycles. The Labute approximate surface area is 111 Å². The molecule has 3 heterocycles. The van der Waals surface area contributed by atoms with E-state index >= 15 is 0 Å². The summed E-state index contributed by atoms with van der Waals surface area (Å²) < 4.78 is 1.18. The van der Waals surface area contributed by atoms with Gasteiger partial charge in [0.15, 0.2) is 0 Å². The molecule has 0 aliphatic carbocycles. The quantitative estimate of drug-likeness (QED) is 0.888. The summed E-state index contributed by atoms with van der Waals surface area (Å²) in [5, 5.41) is 9.01. The number of thiophene rings is 1. The molecule has 1 aliphatic rings. The van der Waals surface area contributed by atoms with E-state index in [9.17, 15) is 0 Å². The molecule has 0 bridgehead atoms. The fourth-order valence-electron chi connectivity index (χ4n) is 2.45. The van der Waals surface area contributed by atoms with Gasteiger partial charge in [0.1, 0.15) is 12.1 Å². The van der Waals surface area contributed by atoms with E-state index in [1.165, 1.54) is 36.2 Å². The van der Waals surface area contributed by atoms with Crippen LogP contribution in [0.4, 0.5) is 5.82 Å². The number of aromatic nitrogens is 2. The lowest BCUT2D eigenvalue weighted by atomic mass is 10.1. The number of hydrogen-bond donors (Lipinski definition) is 2. The molecular formula is C13H18N4S.